The average Bonchev–Trinajstić information content (AvgIpc) is 2.94. The van der Waals surface area contributed by atoms with Gasteiger partial charge in [-0.1, -0.05) is 42.5 Å². The van der Waals surface area contributed by atoms with E-state index in [4.69, 9.17) is 0 Å². The molecule has 0 radical (unpaired) electrons. The second-order valence-corrected chi connectivity index (χ2v) is 9.68. The monoisotopic (exact) mass is 413 g/mol. The zero-order valence-electron chi connectivity index (χ0n) is 16.2. The van der Waals surface area contributed by atoms with Crippen LogP contribution in [0.3, 0.4) is 0 Å². The molecule has 3 amide bonds. The highest BCUT2D eigenvalue weighted by atomic mass is 32.2. The van der Waals surface area contributed by atoms with Gasteiger partial charge < -0.3 is 20.6 Å². The van der Waals surface area contributed by atoms with Crippen molar-refractivity contribution in [2.75, 3.05) is 6.54 Å². The minimum Gasteiger partial charge on any atom is -0.480 e. The Kier molecular flexibility index (Phi) is 4.90. The van der Waals surface area contributed by atoms with Gasteiger partial charge in [0.2, 0.25) is 5.91 Å². The molecule has 8 heteroatoms. The van der Waals surface area contributed by atoms with Crippen LogP contribution >= 0.6 is 11.8 Å². The third kappa shape index (κ3) is 3.53. The van der Waals surface area contributed by atoms with E-state index in [2.05, 4.69) is 34.9 Å². The quantitative estimate of drug-likeness (QED) is 0.653. The van der Waals surface area contributed by atoms with Gasteiger partial charge in [0.1, 0.15) is 17.5 Å². The molecule has 2 aliphatic rings. The van der Waals surface area contributed by atoms with Gasteiger partial charge in [-0.25, -0.2) is 9.59 Å². The summed E-state index contributed by atoms with van der Waals surface area (Å²) >= 11 is 1.41. The second kappa shape index (κ2) is 7.26. The van der Waals surface area contributed by atoms with Crippen LogP contribution in [0.5, 0.6) is 0 Å². The maximum atomic E-state index is 12.4. The van der Waals surface area contributed by atoms with Crippen molar-refractivity contribution < 1.29 is 19.5 Å². The molecule has 0 bridgehead atoms. The molecule has 0 aromatic heterocycles. The number of carboxylic acid groups (broad SMARTS) is 1. The first-order chi connectivity index (χ1) is 13.8. The summed E-state index contributed by atoms with van der Waals surface area (Å²) in [5.41, 5.74) is 1.12. The number of carbonyl (C=O) groups is 3. The number of nitrogens with zero attached hydrogens (tertiary/aromatic N) is 1. The fourth-order valence-corrected chi connectivity index (χ4v) is 5.68. The van der Waals surface area contributed by atoms with Crippen LogP contribution in [0.1, 0.15) is 19.4 Å². The van der Waals surface area contributed by atoms with Crippen molar-refractivity contribution in [3.8, 4) is 0 Å². The third-order valence-electron chi connectivity index (χ3n) is 5.47. The number of rotatable bonds is 5. The molecule has 4 rings (SSSR count). The van der Waals surface area contributed by atoms with E-state index in [-0.39, 0.29) is 11.3 Å². The van der Waals surface area contributed by atoms with Gasteiger partial charge in [0.25, 0.3) is 0 Å². The number of nitrogens with one attached hydrogen (secondary N) is 2. The molecule has 2 fully saturated rings. The molecule has 0 spiro atoms. The van der Waals surface area contributed by atoms with Crippen molar-refractivity contribution in [3.05, 3.63) is 48.0 Å². The number of amides is 3. The summed E-state index contributed by atoms with van der Waals surface area (Å²) in [6.45, 7) is 4.06. The summed E-state index contributed by atoms with van der Waals surface area (Å²) in [4.78, 5) is 37.5. The average molecular weight is 413 g/mol. The van der Waals surface area contributed by atoms with E-state index < -0.39 is 28.8 Å². The lowest BCUT2D eigenvalue weighted by Crippen LogP contribution is -2.71. The number of carbonyl (C=O) groups excluding carboxylic acids is 2. The number of aliphatic carboxylic acids is 1. The van der Waals surface area contributed by atoms with Gasteiger partial charge in [-0.2, -0.15) is 0 Å². The molecule has 2 heterocycles. The highest BCUT2D eigenvalue weighted by Crippen LogP contribution is 2.50. The Morgan fingerprint density at radius 1 is 1.17 bits per heavy atom. The van der Waals surface area contributed by atoms with E-state index in [1.807, 2.05) is 32.0 Å². The van der Waals surface area contributed by atoms with Gasteiger partial charge in [0.15, 0.2) is 0 Å². The Bertz CT molecular complexity index is 993. The van der Waals surface area contributed by atoms with E-state index in [1.165, 1.54) is 22.0 Å². The van der Waals surface area contributed by atoms with Crippen molar-refractivity contribution >= 4 is 40.4 Å². The maximum Gasteiger partial charge on any atom is 0.327 e. The Morgan fingerprint density at radius 2 is 1.90 bits per heavy atom. The van der Waals surface area contributed by atoms with E-state index in [0.29, 0.717) is 13.0 Å². The van der Waals surface area contributed by atoms with Crippen LogP contribution < -0.4 is 10.6 Å². The van der Waals surface area contributed by atoms with Crippen LogP contribution in [0.2, 0.25) is 0 Å². The minimum atomic E-state index is -1.02. The van der Waals surface area contributed by atoms with Crippen LogP contribution in [0.15, 0.2) is 42.5 Å². The normalized spacial score (nSPS) is 24.7. The van der Waals surface area contributed by atoms with Crippen molar-refractivity contribution in [1.82, 2.24) is 15.5 Å². The summed E-state index contributed by atoms with van der Waals surface area (Å²) in [7, 11) is 0. The molecule has 7 nitrogen and oxygen atoms in total. The summed E-state index contributed by atoms with van der Waals surface area (Å²) in [6.07, 6.45) is 0.676. The van der Waals surface area contributed by atoms with E-state index >= 15 is 0 Å². The van der Waals surface area contributed by atoms with E-state index in [1.54, 1.807) is 0 Å². The summed E-state index contributed by atoms with van der Waals surface area (Å²) < 4.78 is -0.602. The zero-order valence-corrected chi connectivity index (χ0v) is 17.0. The first kappa shape index (κ1) is 19.6. The second-order valence-electron chi connectivity index (χ2n) is 7.91. The Hall–Kier alpha value is -2.74. The van der Waals surface area contributed by atoms with Crippen LogP contribution in [0, 0.1) is 0 Å². The summed E-state index contributed by atoms with van der Waals surface area (Å²) in [5, 5.41) is 16.9. The number of urea groups is 1. The first-order valence-electron chi connectivity index (χ1n) is 9.53. The number of thioether (sulfide) groups is 1. The topological polar surface area (TPSA) is 98.7 Å². The number of benzene rings is 2. The summed E-state index contributed by atoms with van der Waals surface area (Å²) in [5.74, 6) is -1.36. The van der Waals surface area contributed by atoms with Crippen molar-refractivity contribution in [2.24, 2.45) is 0 Å². The molecule has 2 unspecified atom stereocenters. The molecule has 2 aromatic carbocycles. The highest BCUT2D eigenvalue weighted by Gasteiger charge is 2.64. The molecule has 0 aliphatic carbocycles. The van der Waals surface area contributed by atoms with Gasteiger partial charge in [-0.05, 0) is 36.6 Å². The maximum absolute atomic E-state index is 12.4. The number of carboxylic acids is 1. The number of hydrogen-bond donors (Lipinski definition) is 3. The van der Waals surface area contributed by atoms with Crippen LogP contribution in [-0.4, -0.2) is 56.7 Å². The summed E-state index contributed by atoms with van der Waals surface area (Å²) in [6, 6.07) is 12.3. The van der Waals surface area contributed by atoms with Gasteiger partial charge in [-0.3, -0.25) is 4.79 Å². The molecule has 2 saturated heterocycles. The Morgan fingerprint density at radius 3 is 2.62 bits per heavy atom. The lowest BCUT2D eigenvalue weighted by Gasteiger charge is -2.43. The minimum absolute atomic E-state index is 0.342. The third-order valence-corrected chi connectivity index (χ3v) is 7.05. The number of β-lactam (4-membered cyclic amide) rings is 1. The van der Waals surface area contributed by atoms with Crippen molar-refractivity contribution in [2.45, 2.75) is 42.5 Å². The predicted molar refractivity (Wildman–Crippen MR) is 112 cm³/mol. The largest absolute Gasteiger partial charge is 0.480 e. The molecule has 2 aliphatic heterocycles. The van der Waals surface area contributed by atoms with Crippen molar-refractivity contribution in [3.63, 3.8) is 0 Å². The van der Waals surface area contributed by atoms with E-state index in [9.17, 15) is 19.5 Å². The Labute approximate surface area is 172 Å². The smallest absolute Gasteiger partial charge is 0.327 e. The molecular weight excluding hydrogens is 390 g/mol. The van der Waals surface area contributed by atoms with Crippen molar-refractivity contribution in [1.29, 1.82) is 0 Å². The molecule has 3 N–H and O–H groups in total. The van der Waals surface area contributed by atoms with Crippen LogP contribution in [-0.2, 0) is 16.0 Å². The number of fused-ring (bicyclic) bond motifs is 2. The van der Waals surface area contributed by atoms with Gasteiger partial charge in [0, 0.05) is 11.3 Å². The van der Waals surface area contributed by atoms with Crippen LogP contribution in [0.4, 0.5) is 4.79 Å². The van der Waals surface area contributed by atoms with Gasteiger partial charge in [-0.15, -0.1) is 11.8 Å². The fourth-order valence-electron chi connectivity index (χ4n) is 4.05. The zero-order chi connectivity index (χ0) is 20.8. The molecule has 29 heavy (non-hydrogen) atoms. The fraction of sp³-hybridized carbons (Fsp3) is 0.381. The Balaban J connectivity index is 1.30. The van der Waals surface area contributed by atoms with Crippen LogP contribution in [0.25, 0.3) is 10.8 Å². The molecule has 152 valence electrons. The van der Waals surface area contributed by atoms with E-state index in [0.717, 1.165) is 10.9 Å². The standard InChI is InChI=1S/C21H23N3O4S/c1-21(2)16(19(26)27)24-17(25)15(18(24)29-21)23-20(28)22-10-9-12-7-8-13-5-3-4-6-14(13)11-12/h3-8,11,15-16,18H,9-10H2,1-2H3,(H,26,27)(H2,22,23,28)/t15?,16-,18?/m0/s1. The molecular formula is C21H23N3O4S. The molecule has 0 saturated carbocycles. The SMILES string of the molecule is CC1(C)SC2C(NC(=O)NCCc3ccc4ccccc4c3)C(=O)N2[C@H]1C(=O)O. The lowest BCUT2D eigenvalue weighted by molar-refractivity contribution is -0.159. The first-order valence-corrected chi connectivity index (χ1v) is 10.4. The number of hydrogen-bond acceptors (Lipinski definition) is 4. The molecule has 2 aromatic rings. The molecule has 3 atom stereocenters. The lowest BCUT2D eigenvalue weighted by atomic mass is 9.96. The van der Waals surface area contributed by atoms with Gasteiger partial charge >= 0.3 is 12.0 Å². The van der Waals surface area contributed by atoms with Gasteiger partial charge in [0.05, 0.1) is 0 Å². The predicted octanol–water partition coefficient (Wildman–Crippen LogP) is 2.20. The highest BCUT2D eigenvalue weighted by molar-refractivity contribution is 8.01.